The van der Waals surface area contributed by atoms with Crippen molar-refractivity contribution in [1.82, 2.24) is 5.32 Å². The van der Waals surface area contributed by atoms with E-state index < -0.39 is 17.8 Å². The van der Waals surface area contributed by atoms with E-state index in [4.69, 9.17) is 16.3 Å². The summed E-state index contributed by atoms with van der Waals surface area (Å²) in [6.07, 6.45) is 1.80. The van der Waals surface area contributed by atoms with Gasteiger partial charge >= 0.3 is 6.03 Å². The number of hydrogen-bond acceptors (Lipinski definition) is 4. The van der Waals surface area contributed by atoms with Crippen LogP contribution in [0.25, 0.3) is 6.08 Å². The molecule has 0 aliphatic carbocycles. The highest BCUT2D eigenvalue weighted by Crippen LogP contribution is 2.27. The molecule has 39 heavy (non-hydrogen) atoms. The van der Waals surface area contributed by atoms with Crippen molar-refractivity contribution >= 4 is 41.2 Å². The SMILES string of the molecule is O=C1NC(=O)N(c2ccc(OCc3ccccc3)cc2)C(=O)/C1=C/c1ccc(Cc2cccc(F)c2)c(Cl)c1. The van der Waals surface area contributed by atoms with Crippen molar-refractivity contribution in [2.75, 3.05) is 4.90 Å². The molecule has 8 heteroatoms. The van der Waals surface area contributed by atoms with Gasteiger partial charge in [-0.25, -0.2) is 14.1 Å². The van der Waals surface area contributed by atoms with E-state index in [-0.39, 0.29) is 17.1 Å². The Balaban J connectivity index is 1.33. The number of ether oxygens (including phenoxy) is 1. The van der Waals surface area contributed by atoms with Crippen LogP contribution < -0.4 is 15.0 Å². The van der Waals surface area contributed by atoms with E-state index in [0.717, 1.165) is 21.6 Å². The summed E-state index contributed by atoms with van der Waals surface area (Å²) in [6.45, 7) is 0.369. The first-order valence-electron chi connectivity index (χ1n) is 12.1. The number of nitrogens with one attached hydrogen (secondary N) is 1. The van der Waals surface area contributed by atoms with Crippen LogP contribution in [0.2, 0.25) is 5.02 Å². The van der Waals surface area contributed by atoms with Crippen molar-refractivity contribution in [2.45, 2.75) is 13.0 Å². The van der Waals surface area contributed by atoms with Crippen LogP contribution >= 0.6 is 11.6 Å². The Labute approximate surface area is 229 Å². The quantitative estimate of drug-likeness (QED) is 0.220. The fourth-order valence-electron chi connectivity index (χ4n) is 4.15. The van der Waals surface area contributed by atoms with E-state index >= 15 is 0 Å². The molecule has 0 aromatic heterocycles. The number of benzene rings is 4. The van der Waals surface area contributed by atoms with Gasteiger partial charge in [0, 0.05) is 5.02 Å². The normalized spacial score (nSPS) is 14.5. The van der Waals surface area contributed by atoms with Crippen LogP contribution in [0.1, 0.15) is 22.3 Å². The lowest BCUT2D eigenvalue weighted by molar-refractivity contribution is -0.122. The van der Waals surface area contributed by atoms with Crippen molar-refractivity contribution in [1.29, 1.82) is 0 Å². The molecular formula is C31H22ClFN2O4. The van der Waals surface area contributed by atoms with Crippen LogP contribution in [-0.4, -0.2) is 17.8 Å². The second-order valence-corrected chi connectivity index (χ2v) is 9.29. The number of rotatable bonds is 7. The maximum absolute atomic E-state index is 13.5. The van der Waals surface area contributed by atoms with Crippen LogP contribution in [0.4, 0.5) is 14.9 Å². The molecule has 0 unspecified atom stereocenters. The summed E-state index contributed by atoms with van der Waals surface area (Å²) in [6, 6.07) is 26.6. The molecule has 0 saturated carbocycles. The lowest BCUT2D eigenvalue weighted by atomic mass is 10.0. The Hall–Kier alpha value is -4.75. The molecule has 0 spiro atoms. The number of amides is 4. The zero-order valence-corrected chi connectivity index (χ0v) is 21.3. The van der Waals surface area contributed by atoms with Crippen LogP contribution in [0, 0.1) is 5.82 Å². The highest BCUT2D eigenvalue weighted by molar-refractivity contribution is 6.39. The zero-order chi connectivity index (χ0) is 27.4. The largest absolute Gasteiger partial charge is 0.489 e. The summed E-state index contributed by atoms with van der Waals surface area (Å²) >= 11 is 6.45. The fourth-order valence-corrected chi connectivity index (χ4v) is 4.41. The summed E-state index contributed by atoms with van der Waals surface area (Å²) in [4.78, 5) is 39.3. The molecule has 1 aliphatic heterocycles. The molecule has 0 bridgehead atoms. The molecule has 4 aromatic carbocycles. The van der Waals surface area contributed by atoms with E-state index in [1.807, 2.05) is 30.3 Å². The Morgan fingerprint density at radius 2 is 1.59 bits per heavy atom. The number of carbonyl (C=O) groups is 3. The molecule has 4 aromatic rings. The Bertz CT molecular complexity index is 1590. The molecule has 1 aliphatic rings. The molecule has 0 atom stereocenters. The summed E-state index contributed by atoms with van der Waals surface area (Å²) in [7, 11) is 0. The van der Waals surface area contributed by atoms with Gasteiger partial charge in [0.15, 0.2) is 0 Å². The topological polar surface area (TPSA) is 75.7 Å². The fraction of sp³-hybridized carbons (Fsp3) is 0.0645. The molecule has 1 N–H and O–H groups in total. The minimum atomic E-state index is -0.844. The van der Waals surface area contributed by atoms with Crippen LogP contribution in [0.5, 0.6) is 5.75 Å². The third kappa shape index (κ3) is 6.05. The number of imide groups is 2. The predicted octanol–water partition coefficient (Wildman–Crippen LogP) is 6.32. The second-order valence-electron chi connectivity index (χ2n) is 8.88. The van der Waals surface area contributed by atoms with Gasteiger partial charge in [0.25, 0.3) is 11.8 Å². The van der Waals surface area contributed by atoms with Crippen molar-refractivity contribution in [3.63, 3.8) is 0 Å². The van der Waals surface area contributed by atoms with Gasteiger partial charge in [-0.1, -0.05) is 66.2 Å². The van der Waals surface area contributed by atoms with Gasteiger partial charge in [0.05, 0.1) is 5.69 Å². The summed E-state index contributed by atoms with van der Waals surface area (Å²) in [5.74, 6) is -1.33. The zero-order valence-electron chi connectivity index (χ0n) is 20.6. The number of nitrogens with zero attached hydrogens (tertiary/aromatic N) is 1. The average Bonchev–Trinajstić information content (AvgIpc) is 2.92. The summed E-state index contributed by atoms with van der Waals surface area (Å²) < 4.78 is 19.3. The van der Waals surface area contributed by atoms with Crippen LogP contribution in [0.15, 0.2) is 103 Å². The number of hydrogen-bond donors (Lipinski definition) is 1. The average molecular weight is 541 g/mol. The molecule has 5 rings (SSSR count). The van der Waals surface area contributed by atoms with Gasteiger partial charge in [-0.2, -0.15) is 0 Å². The second kappa shape index (κ2) is 11.3. The highest BCUT2D eigenvalue weighted by atomic mass is 35.5. The van der Waals surface area contributed by atoms with Gasteiger partial charge in [0.2, 0.25) is 0 Å². The van der Waals surface area contributed by atoms with Crippen LogP contribution in [0.3, 0.4) is 0 Å². The standard InChI is InChI=1S/C31H22ClFN2O4/c32-28-18-22(9-10-23(28)15-21-7-4-8-24(33)16-21)17-27-29(36)34-31(38)35(30(27)37)25-11-13-26(14-12-25)39-19-20-5-2-1-3-6-20/h1-14,16-18H,15,19H2,(H,34,36,38)/b27-17+. The van der Waals surface area contributed by atoms with Gasteiger partial charge in [0.1, 0.15) is 23.7 Å². The number of carbonyl (C=O) groups excluding carboxylic acids is 3. The van der Waals surface area contributed by atoms with Crippen molar-refractivity contribution in [3.8, 4) is 5.75 Å². The van der Waals surface area contributed by atoms with Gasteiger partial charge in [-0.3, -0.25) is 14.9 Å². The molecule has 6 nitrogen and oxygen atoms in total. The Morgan fingerprint density at radius 3 is 2.31 bits per heavy atom. The third-order valence-corrected chi connectivity index (χ3v) is 6.47. The number of urea groups is 1. The molecule has 1 heterocycles. The summed E-state index contributed by atoms with van der Waals surface area (Å²) in [5.41, 5.74) is 3.09. The van der Waals surface area contributed by atoms with Crippen molar-refractivity contribution in [3.05, 3.63) is 136 Å². The van der Waals surface area contributed by atoms with Crippen molar-refractivity contribution < 1.29 is 23.5 Å². The van der Waals surface area contributed by atoms with Gasteiger partial charge in [-0.05, 0) is 77.2 Å². The first-order valence-corrected chi connectivity index (χ1v) is 12.5. The highest BCUT2D eigenvalue weighted by Gasteiger charge is 2.36. The van der Waals surface area contributed by atoms with Gasteiger partial charge < -0.3 is 4.74 Å². The summed E-state index contributed by atoms with van der Waals surface area (Å²) in [5, 5.41) is 2.61. The minimum absolute atomic E-state index is 0.215. The number of barbiturate groups is 1. The van der Waals surface area contributed by atoms with E-state index in [9.17, 15) is 18.8 Å². The van der Waals surface area contributed by atoms with Gasteiger partial charge in [-0.15, -0.1) is 0 Å². The Kier molecular flexibility index (Phi) is 7.52. The van der Waals surface area contributed by atoms with E-state index in [2.05, 4.69) is 5.32 Å². The number of halogens is 2. The lowest BCUT2D eigenvalue weighted by Gasteiger charge is -2.26. The molecule has 1 fully saturated rings. The van der Waals surface area contributed by atoms with E-state index in [1.165, 1.54) is 18.2 Å². The predicted molar refractivity (Wildman–Crippen MR) is 147 cm³/mol. The smallest absolute Gasteiger partial charge is 0.335 e. The van der Waals surface area contributed by atoms with E-state index in [0.29, 0.717) is 29.4 Å². The van der Waals surface area contributed by atoms with E-state index in [1.54, 1.807) is 54.6 Å². The lowest BCUT2D eigenvalue weighted by Crippen LogP contribution is -2.54. The maximum atomic E-state index is 13.5. The molecule has 1 saturated heterocycles. The third-order valence-electron chi connectivity index (χ3n) is 6.12. The molecule has 194 valence electrons. The molecule has 0 radical (unpaired) electrons. The first kappa shape index (κ1) is 25.9. The maximum Gasteiger partial charge on any atom is 0.335 e. The minimum Gasteiger partial charge on any atom is -0.489 e. The van der Waals surface area contributed by atoms with Crippen molar-refractivity contribution in [2.24, 2.45) is 0 Å². The van der Waals surface area contributed by atoms with Crippen LogP contribution in [-0.2, 0) is 22.6 Å². The Morgan fingerprint density at radius 1 is 0.846 bits per heavy atom. The molecular weight excluding hydrogens is 519 g/mol. The number of anilines is 1. The molecule has 4 amide bonds. The monoisotopic (exact) mass is 540 g/mol. The first-order chi connectivity index (χ1) is 18.9.